The minimum atomic E-state index is -0.533. The second-order valence-corrected chi connectivity index (χ2v) is 6.01. The molecule has 1 amide bonds. The molecule has 6 heteroatoms. The highest BCUT2D eigenvalue weighted by atomic mass is 16.5. The fourth-order valence-corrected chi connectivity index (χ4v) is 2.36. The third-order valence-corrected chi connectivity index (χ3v) is 3.98. The average molecular weight is 354 g/mol. The van der Waals surface area contributed by atoms with Crippen molar-refractivity contribution < 1.29 is 19.1 Å². The third kappa shape index (κ3) is 4.69. The highest BCUT2D eigenvalue weighted by molar-refractivity contribution is 5.98. The fourth-order valence-electron chi connectivity index (χ4n) is 2.36. The summed E-state index contributed by atoms with van der Waals surface area (Å²) in [6.07, 6.45) is 0. The van der Waals surface area contributed by atoms with Crippen LogP contribution < -0.4 is 10.6 Å². The lowest BCUT2D eigenvalue weighted by molar-refractivity contribution is -0.116. The summed E-state index contributed by atoms with van der Waals surface area (Å²) in [5, 5.41) is 5.90. The summed E-state index contributed by atoms with van der Waals surface area (Å²) in [5.74, 6) is -0.696. The van der Waals surface area contributed by atoms with Crippen molar-refractivity contribution in [1.29, 1.82) is 0 Å². The smallest absolute Gasteiger partial charge is 0.337 e. The molecule has 0 unspecified atom stereocenters. The van der Waals surface area contributed by atoms with Crippen LogP contribution in [0.25, 0.3) is 0 Å². The molecule has 0 aliphatic heterocycles. The van der Waals surface area contributed by atoms with Crippen LogP contribution in [0.15, 0.2) is 42.5 Å². The number of nitrogens with one attached hydrogen (secondary N) is 2. The summed E-state index contributed by atoms with van der Waals surface area (Å²) in [6, 6.07) is 11.3. The summed E-state index contributed by atoms with van der Waals surface area (Å²) in [5.41, 5.74) is 3.19. The van der Waals surface area contributed by atoms with Crippen molar-refractivity contribution in [3.05, 3.63) is 59.2 Å². The Bertz CT molecular complexity index is 828. The van der Waals surface area contributed by atoms with Gasteiger partial charge in [-0.2, -0.15) is 0 Å². The molecule has 2 N–H and O–H groups in total. The summed E-state index contributed by atoms with van der Waals surface area (Å²) >= 11 is 0. The number of ketones is 1. The number of carbonyl (C=O) groups is 3. The second-order valence-electron chi connectivity index (χ2n) is 6.01. The summed E-state index contributed by atoms with van der Waals surface area (Å²) in [4.78, 5) is 35.3. The van der Waals surface area contributed by atoms with E-state index in [1.807, 2.05) is 6.92 Å². The first-order chi connectivity index (χ1) is 12.3. The number of benzene rings is 2. The van der Waals surface area contributed by atoms with Gasteiger partial charge in [0, 0.05) is 16.9 Å². The van der Waals surface area contributed by atoms with Crippen molar-refractivity contribution >= 4 is 29.0 Å². The number of ether oxygens (including phenoxy) is 1. The van der Waals surface area contributed by atoms with Gasteiger partial charge in [-0.1, -0.05) is 6.07 Å². The highest BCUT2D eigenvalue weighted by Gasteiger charge is 2.15. The van der Waals surface area contributed by atoms with Gasteiger partial charge in [-0.3, -0.25) is 9.59 Å². The van der Waals surface area contributed by atoms with Crippen LogP contribution in [0.4, 0.5) is 11.4 Å². The second kappa shape index (κ2) is 8.29. The number of amides is 1. The zero-order valence-corrected chi connectivity index (χ0v) is 15.3. The Balaban J connectivity index is 2.07. The highest BCUT2D eigenvalue weighted by Crippen LogP contribution is 2.19. The molecule has 6 nitrogen and oxygen atoms in total. The van der Waals surface area contributed by atoms with E-state index in [0.717, 1.165) is 5.56 Å². The average Bonchev–Trinajstić information content (AvgIpc) is 2.63. The monoisotopic (exact) mass is 354 g/mol. The number of hydrogen-bond donors (Lipinski definition) is 2. The number of rotatable bonds is 6. The Labute approximate surface area is 152 Å². The Hall–Kier alpha value is -3.15. The molecule has 0 aliphatic rings. The number of carbonyl (C=O) groups excluding carboxylic acids is 3. The molecule has 0 aromatic heterocycles. The Morgan fingerprint density at radius 1 is 1.00 bits per heavy atom. The maximum atomic E-state index is 12.4. The molecule has 0 saturated heterocycles. The molecule has 2 aromatic carbocycles. The van der Waals surface area contributed by atoms with Gasteiger partial charge in [0.05, 0.1) is 12.7 Å². The molecule has 0 fully saturated rings. The van der Waals surface area contributed by atoms with E-state index < -0.39 is 12.0 Å². The number of hydrogen-bond acceptors (Lipinski definition) is 5. The molecule has 0 bridgehead atoms. The number of aryl methyl sites for hydroxylation is 1. The van der Waals surface area contributed by atoms with Crippen LogP contribution >= 0.6 is 0 Å². The van der Waals surface area contributed by atoms with Gasteiger partial charge >= 0.3 is 5.97 Å². The first-order valence-electron chi connectivity index (χ1n) is 8.19. The van der Waals surface area contributed by atoms with E-state index in [0.29, 0.717) is 22.5 Å². The predicted octanol–water partition coefficient (Wildman–Crippen LogP) is 3.42. The Morgan fingerprint density at radius 3 is 2.19 bits per heavy atom. The first-order valence-corrected chi connectivity index (χ1v) is 8.19. The number of methoxy groups -OCH3 is 1. The van der Waals surface area contributed by atoms with Gasteiger partial charge in [-0.15, -0.1) is 0 Å². The standard InChI is InChI=1S/C20H22N2O4/c1-12-5-6-16(20(25)26-4)11-18(12)21-13(2)19(24)22-17-9-7-15(8-10-17)14(3)23/h5-11,13,21H,1-4H3,(H,22,24)/t13-/m1/s1. The van der Waals surface area contributed by atoms with Crippen LogP contribution in [0.3, 0.4) is 0 Å². The van der Waals surface area contributed by atoms with E-state index >= 15 is 0 Å². The van der Waals surface area contributed by atoms with Crippen molar-refractivity contribution in [3.63, 3.8) is 0 Å². The molecule has 26 heavy (non-hydrogen) atoms. The lowest BCUT2D eigenvalue weighted by atomic mass is 10.1. The van der Waals surface area contributed by atoms with Crippen LogP contribution in [-0.2, 0) is 9.53 Å². The van der Waals surface area contributed by atoms with E-state index in [9.17, 15) is 14.4 Å². The molecular formula is C20H22N2O4. The van der Waals surface area contributed by atoms with Gasteiger partial charge < -0.3 is 15.4 Å². The van der Waals surface area contributed by atoms with Gasteiger partial charge in [0.25, 0.3) is 0 Å². The lowest BCUT2D eigenvalue weighted by Gasteiger charge is -2.17. The molecule has 2 aromatic rings. The molecule has 0 heterocycles. The van der Waals surface area contributed by atoms with Crippen LogP contribution in [0.2, 0.25) is 0 Å². The van der Waals surface area contributed by atoms with Crippen LogP contribution in [0.1, 0.15) is 40.1 Å². The molecule has 0 saturated carbocycles. The zero-order valence-electron chi connectivity index (χ0n) is 15.3. The predicted molar refractivity (Wildman–Crippen MR) is 101 cm³/mol. The van der Waals surface area contributed by atoms with Gasteiger partial charge in [0.2, 0.25) is 5.91 Å². The zero-order chi connectivity index (χ0) is 19.3. The molecule has 2 rings (SSSR count). The minimum absolute atomic E-state index is 0.0288. The van der Waals surface area contributed by atoms with Crippen molar-refractivity contribution in [2.45, 2.75) is 26.8 Å². The van der Waals surface area contributed by atoms with Gasteiger partial charge in [0.15, 0.2) is 5.78 Å². The topological polar surface area (TPSA) is 84.5 Å². The van der Waals surface area contributed by atoms with Gasteiger partial charge in [0.1, 0.15) is 6.04 Å². The largest absolute Gasteiger partial charge is 0.465 e. The van der Waals surface area contributed by atoms with E-state index in [1.165, 1.54) is 14.0 Å². The quantitative estimate of drug-likeness (QED) is 0.613. The number of anilines is 2. The van der Waals surface area contributed by atoms with Crippen LogP contribution in [-0.4, -0.2) is 30.8 Å². The Morgan fingerprint density at radius 2 is 1.62 bits per heavy atom. The molecule has 136 valence electrons. The van der Waals surface area contributed by atoms with Crippen molar-refractivity contribution in [1.82, 2.24) is 0 Å². The minimum Gasteiger partial charge on any atom is -0.465 e. The van der Waals surface area contributed by atoms with E-state index in [-0.39, 0.29) is 11.7 Å². The Kier molecular flexibility index (Phi) is 6.11. The van der Waals surface area contributed by atoms with Crippen LogP contribution in [0, 0.1) is 6.92 Å². The fraction of sp³-hybridized carbons (Fsp3) is 0.250. The van der Waals surface area contributed by atoms with Gasteiger partial charge in [-0.05, 0) is 62.7 Å². The third-order valence-electron chi connectivity index (χ3n) is 3.98. The maximum Gasteiger partial charge on any atom is 0.337 e. The SMILES string of the molecule is COC(=O)c1ccc(C)c(N[C@H](C)C(=O)Nc2ccc(C(C)=O)cc2)c1. The van der Waals surface area contributed by atoms with Crippen molar-refractivity contribution in [2.75, 3.05) is 17.7 Å². The molecule has 0 spiro atoms. The number of Topliss-reactive ketones (excluding diaryl/α,β-unsaturated/α-hetero) is 1. The number of esters is 1. The molecule has 1 atom stereocenters. The van der Waals surface area contributed by atoms with Crippen molar-refractivity contribution in [2.24, 2.45) is 0 Å². The molecule has 0 aliphatic carbocycles. The normalized spacial score (nSPS) is 11.4. The summed E-state index contributed by atoms with van der Waals surface area (Å²) in [7, 11) is 1.32. The molecular weight excluding hydrogens is 332 g/mol. The maximum absolute atomic E-state index is 12.4. The summed E-state index contributed by atoms with van der Waals surface area (Å²) < 4.78 is 4.72. The van der Waals surface area contributed by atoms with E-state index in [4.69, 9.17) is 4.74 Å². The van der Waals surface area contributed by atoms with E-state index in [2.05, 4.69) is 10.6 Å². The lowest BCUT2D eigenvalue weighted by Crippen LogP contribution is -2.32. The first kappa shape index (κ1) is 19.2. The van der Waals surface area contributed by atoms with Crippen molar-refractivity contribution in [3.8, 4) is 0 Å². The molecule has 0 radical (unpaired) electrons. The summed E-state index contributed by atoms with van der Waals surface area (Å²) in [6.45, 7) is 5.10. The van der Waals surface area contributed by atoms with Crippen LogP contribution in [0.5, 0.6) is 0 Å². The van der Waals surface area contributed by atoms with E-state index in [1.54, 1.807) is 49.4 Å². The van der Waals surface area contributed by atoms with Gasteiger partial charge in [-0.25, -0.2) is 4.79 Å².